The Kier molecular flexibility index (Phi) is 12.4. The third-order valence-corrected chi connectivity index (χ3v) is 18.4. The fourth-order valence-electron chi connectivity index (χ4n) is 13.9. The van der Waals surface area contributed by atoms with E-state index in [-0.39, 0.29) is 34.7 Å². The van der Waals surface area contributed by atoms with Gasteiger partial charge in [0.2, 0.25) is 0 Å². The van der Waals surface area contributed by atoms with Gasteiger partial charge in [0.1, 0.15) is 6.10 Å². The van der Waals surface area contributed by atoms with Crippen LogP contribution in [0.15, 0.2) is 0 Å². The van der Waals surface area contributed by atoms with Crippen LogP contribution in [-0.4, -0.2) is 75.5 Å². The van der Waals surface area contributed by atoms with Crippen molar-refractivity contribution in [2.75, 3.05) is 37.7 Å². The minimum Gasteiger partial charge on any atom is -0.481 e. The van der Waals surface area contributed by atoms with Gasteiger partial charge >= 0.3 is 11.9 Å². The highest BCUT2D eigenvalue weighted by molar-refractivity contribution is 7.85. The summed E-state index contributed by atoms with van der Waals surface area (Å²) in [5.41, 5.74) is 0.902. The van der Waals surface area contributed by atoms with Crippen molar-refractivity contribution in [3.05, 3.63) is 0 Å². The number of nitrogens with one attached hydrogen (secondary N) is 1. The average Bonchev–Trinajstić information content (AvgIpc) is 3.77. The number of carbonyl (C=O) groups excluding carboxylic acids is 1. The lowest BCUT2D eigenvalue weighted by Gasteiger charge is -2.69. The molecule has 12 unspecified atom stereocenters. The summed E-state index contributed by atoms with van der Waals surface area (Å²) in [5, 5.41) is 13.6. The molecule has 8 fully saturated rings. The molecule has 8 aliphatic rings. The summed E-state index contributed by atoms with van der Waals surface area (Å²) in [6.45, 7) is 22.4. The zero-order valence-corrected chi connectivity index (χ0v) is 35.2. The summed E-state index contributed by atoms with van der Waals surface area (Å²) in [6.07, 6.45) is 17.4. The number of hydrogen-bond acceptors (Lipinski definition) is 6. The van der Waals surface area contributed by atoms with Crippen molar-refractivity contribution in [1.82, 2.24) is 10.2 Å². The zero-order chi connectivity index (χ0) is 37.6. The fraction of sp³-hybridized carbons (Fsp3) is 0.955. The molecule has 298 valence electrons. The minimum atomic E-state index is -0.786. The zero-order valence-electron chi connectivity index (χ0n) is 34.4. The van der Waals surface area contributed by atoms with E-state index in [0.717, 1.165) is 80.1 Å². The Morgan fingerprint density at radius 2 is 1.48 bits per heavy atom. The van der Waals surface area contributed by atoms with Crippen molar-refractivity contribution in [3.8, 4) is 0 Å². The molecule has 1 heterocycles. The van der Waals surface area contributed by atoms with E-state index in [1.807, 2.05) is 20.8 Å². The van der Waals surface area contributed by atoms with Crippen LogP contribution in [0.25, 0.3) is 0 Å². The smallest absolute Gasteiger partial charge is 0.309 e. The molecule has 1 aliphatic heterocycles. The van der Waals surface area contributed by atoms with Gasteiger partial charge in [-0.2, -0.15) is 0 Å². The van der Waals surface area contributed by atoms with E-state index in [0.29, 0.717) is 23.3 Å². The summed E-state index contributed by atoms with van der Waals surface area (Å²) in [6, 6.07) is 0. The van der Waals surface area contributed by atoms with Crippen molar-refractivity contribution >= 4 is 22.7 Å². The number of aliphatic carboxylic acids is 1. The first-order chi connectivity index (χ1) is 24.7. The molecule has 0 aromatic heterocycles. The van der Waals surface area contributed by atoms with Gasteiger partial charge in [-0.05, 0) is 123 Å². The maximum Gasteiger partial charge on any atom is 0.309 e. The van der Waals surface area contributed by atoms with Crippen molar-refractivity contribution in [3.63, 3.8) is 0 Å². The van der Waals surface area contributed by atoms with Gasteiger partial charge in [-0.15, -0.1) is 0 Å². The van der Waals surface area contributed by atoms with Crippen LogP contribution in [0, 0.1) is 69.5 Å². The molecule has 0 amide bonds. The molecule has 7 saturated carbocycles. The molecule has 0 spiro atoms. The lowest BCUT2D eigenvalue weighted by molar-refractivity contribution is -0.223. The van der Waals surface area contributed by atoms with Crippen molar-refractivity contribution in [2.24, 2.45) is 69.5 Å². The average molecular weight is 745 g/mol. The molecule has 0 radical (unpaired) electrons. The Labute approximate surface area is 319 Å². The second-order valence-electron chi connectivity index (χ2n) is 19.9. The van der Waals surface area contributed by atoms with E-state index in [1.165, 1.54) is 70.6 Å². The summed E-state index contributed by atoms with van der Waals surface area (Å²) in [4.78, 5) is 27.3. The van der Waals surface area contributed by atoms with Crippen LogP contribution in [0.3, 0.4) is 0 Å². The highest BCUT2D eigenvalue weighted by Crippen LogP contribution is 2.72. The van der Waals surface area contributed by atoms with Gasteiger partial charge in [0, 0.05) is 59.4 Å². The molecule has 8 rings (SSSR count). The summed E-state index contributed by atoms with van der Waals surface area (Å²) in [7, 11) is -0.605. The number of rotatable bonds is 7. The Morgan fingerprint density at radius 1 is 0.808 bits per heavy atom. The van der Waals surface area contributed by atoms with Crippen LogP contribution in [0.4, 0.5) is 0 Å². The van der Waals surface area contributed by atoms with Crippen LogP contribution in [0.1, 0.15) is 145 Å². The quantitative estimate of drug-likeness (QED) is 0.252. The van der Waals surface area contributed by atoms with Crippen LogP contribution < -0.4 is 5.32 Å². The number of carboxylic acids is 1. The number of nitrogens with zero attached hydrogens (tertiary/aromatic N) is 1. The lowest BCUT2D eigenvalue weighted by Crippen LogP contribution is -2.65. The SMILES string of the molecule is CC.CC1C(C(=O)O)CC1C(=O)OC1CCC2(C)C(CCC3(C)C4CCC5(NCCN6CCS(=O)CC6)CCCC5C4CCC32)C1(C)C.CC1CC1. The van der Waals surface area contributed by atoms with E-state index in [1.54, 1.807) is 0 Å². The first kappa shape index (κ1) is 40.7. The number of esters is 1. The second-order valence-corrected chi connectivity index (χ2v) is 21.6. The molecule has 8 heteroatoms. The third kappa shape index (κ3) is 7.47. The molecule has 12 atom stereocenters. The molecule has 7 nitrogen and oxygen atoms in total. The van der Waals surface area contributed by atoms with Crippen LogP contribution in [0.5, 0.6) is 0 Å². The fourth-order valence-corrected chi connectivity index (χ4v) is 15.0. The second kappa shape index (κ2) is 15.9. The van der Waals surface area contributed by atoms with E-state index < -0.39 is 22.7 Å². The predicted molar refractivity (Wildman–Crippen MR) is 211 cm³/mol. The van der Waals surface area contributed by atoms with Gasteiger partial charge in [-0.25, -0.2) is 0 Å². The monoisotopic (exact) mass is 745 g/mol. The lowest BCUT2D eigenvalue weighted by atomic mass is 9.36. The maximum atomic E-state index is 13.3. The molecule has 0 aromatic rings. The Morgan fingerprint density at radius 3 is 2.12 bits per heavy atom. The Balaban J connectivity index is 0.000000714. The molecule has 2 N–H and O–H groups in total. The highest BCUT2D eigenvalue weighted by Gasteiger charge is 2.66. The number of hydrogen-bond donors (Lipinski definition) is 2. The minimum absolute atomic E-state index is 0.0817. The van der Waals surface area contributed by atoms with Crippen LogP contribution in [-0.2, 0) is 25.1 Å². The van der Waals surface area contributed by atoms with Crippen LogP contribution in [0.2, 0.25) is 0 Å². The maximum absolute atomic E-state index is 13.3. The largest absolute Gasteiger partial charge is 0.481 e. The van der Waals surface area contributed by atoms with E-state index in [9.17, 15) is 18.9 Å². The number of carboxylic acid groups (broad SMARTS) is 1. The van der Waals surface area contributed by atoms with Crippen molar-refractivity contribution < 1.29 is 23.6 Å². The predicted octanol–water partition coefficient (Wildman–Crippen LogP) is 8.57. The Bertz CT molecular complexity index is 1290. The van der Waals surface area contributed by atoms with Gasteiger partial charge in [0.05, 0.1) is 11.8 Å². The normalized spacial score (nSPS) is 45.2. The van der Waals surface area contributed by atoms with Gasteiger partial charge in [-0.3, -0.25) is 13.8 Å². The van der Waals surface area contributed by atoms with Crippen molar-refractivity contribution in [2.45, 2.75) is 157 Å². The van der Waals surface area contributed by atoms with E-state index in [2.05, 4.69) is 44.8 Å². The Hall–Kier alpha value is -0.990. The highest BCUT2D eigenvalue weighted by atomic mass is 32.2. The van der Waals surface area contributed by atoms with Gasteiger partial charge < -0.3 is 20.1 Å². The first-order valence-electron chi connectivity index (χ1n) is 22.0. The standard InChI is InChI=1S/C38H62N2O5S.C4H8.C2H6/c1-24-26(33(41)42)23-27(24)34(43)45-32-12-15-37(5)30(35(32,2)3)11-14-36(4)28-10-16-38(39-17-18-40-19-21-46(44)22-20-40)13-6-7-29(38)25(28)8-9-31(36)37;1-4-2-3-4;1-2/h24-32,39H,6-23H2,1-5H3,(H,41,42);4H,2-3H2,1H3;1-2H3. The summed E-state index contributed by atoms with van der Waals surface area (Å²) >= 11 is 0. The van der Waals surface area contributed by atoms with Crippen molar-refractivity contribution in [1.29, 1.82) is 0 Å². The van der Waals surface area contributed by atoms with E-state index >= 15 is 0 Å². The van der Waals surface area contributed by atoms with Crippen LogP contribution >= 0.6 is 0 Å². The molecule has 7 aliphatic carbocycles. The number of ether oxygens (including phenoxy) is 1. The molecule has 0 bridgehead atoms. The van der Waals surface area contributed by atoms with E-state index in [4.69, 9.17) is 4.74 Å². The molecule has 0 aromatic carbocycles. The number of fused-ring (bicyclic) bond motifs is 7. The molecule has 52 heavy (non-hydrogen) atoms. The summed E-state index contributed by atoms with van der Waals surface area (Å²) < 4.78 is 18.2. The third-order valence-electron chi connectivity index (χ3n) is 17.1. The summed E-state index contributed by atoms with van der Waals surface area (Å²) in [5.74, 6) is 4.74. The van der Waals surface area contributed by atoms with Gasteiger partial charge in [0.15, 0.2) is 0 Å². The van der Waals surface area contributed by atoms with Gasteiger partial charge in [-0.1, -0.05) is 74.7 Å². The topological polar surface area (TPSA) is 95.9 Å². The number of carbonyl (C=O) groups is 2. The first-order valence-corrected chi connectivity index (χ1v) is 23.4. The molecular formula is C44H76N2O5S. The molecular weight excluding hydrogens is 669 g/mol. The molecule has 1 saturated heterocycles. The van der Waals surface area contributed by atoms with Gasteiger partial charge in [0.25, 0.3) is 0 Å².